The summed E-state index contributed by atoms with van der Waals surface area (Å²) in [6, 6.07) is 18.1. The maximum atomic E-state index is 14.1. The van der Waals surface area contributed by atoms with Crippen LogP contribution in [0.25, 0.3) is 0 Å². The Bertz CT molecular complexity index is 1480. The first-order chi connectivity index (χ1) is 19.1. The fraction of sp³-hybridized carbons (Fsp3) is 0.375. The topological polar surface area (TPSA) is 96.0 Å². The van der Waals surface area contributed by atoms with Crippen LogP contribution in [0.1, 0.15) is 49.9 Å². The van der Waals surface area contributed by atoms with Crippen molar-refractivity contribution in [1.29, 1.82) is 0 Å². The Morgan fingerprint density at radius 1 is 0.902 bits per heavy atom. The van der Waals surface area contributed by atoms with Crippen LogP contribution in [0.15, 0.2) is 71.6 Å². The molecule has 0 saturated heterocycles. The van der Waals surface area contributed by atoms with E-state index in [1.807, 2.05) is 59.7 Å². The van der Waals surface area contributed by atoms with Crippen molar-refractivity contribution < 1.29 is 22.7 Å². The molecule has 2 amide bonds. The summed E-state index contributed by atoms with van der Waals surface area (Å²) >= 11 is 0. The smallest absolute Gasteiger partial charge is 0.264 e. The lowest BCUT2D eigenvalue weighted by Gasteiger charge is -2.33. The van der Waals surface area contributed by atoms with E-state index in [4.69, 9.17) is 4.74 Å². The predicted octanol–water partition coefficient (Wildman–Crippen LogP) is 5.15. The Balaban J connectivity index is 2.06. The molecule has 0 aromatic heterocycles. The summed E-state index contributed by atoms with van der Waals surface area (Å²) in [7, 11) is -2.55. The van der Waals surface area contributed by atoms with Crippen LogP contribution in [0, 0.1) is 20.8 Å². The summed E-state index contributed by atoms with van der Waals surface area (Å²) < 4.78 is 34.3. The molecule has 0 radical (unpaired) electrons. The lowest BCUT2D eigenvalue weighted by atomic mass is 10.1. The van der Waals surface area contributed by atoms with Crippen LogP contribution in [0.2, 0.25) is 0 Å². The third-order valence-corrected chi connectivity index (χ3v) is 8.63. The van der Waals surface area contributed by atoms with Gasteiger partial charge in [0, 0.05) is 12.1 Å². The molecule has 0 heterocycles. The number of rotatable bonds is 10. The van der Waals surface area contributed by atoms with Gasteiger partial charge in [-0.25, -0.2) is 8.42 Å². The number of carbonyl (C=O) groups is 2. The largest absolute Gasteiger partial charge is 0.497 e. The second kappa shape index (κ2) is 12.8. The van der Waals surface area contributed by atoms with Gasteiger partial charge in [-0.2, -0.15) is 0 Å². The molecule has 3 rings (SSSR count). The average molecular weight is 580 g/mol. The maximum absolute atomic E-state index is 14.1. The molecule has 9 heteroatoms. The van der Waals surface area contributed by atoms with Crippen molar-refractivity contribution in [3.63, 3.8) is 0 Å². The summed E-state index contributed by atoms with van der Waals surface area (Å²) in [5.74, 6) is -0.181. The molecule has 8 nitrogen and oxygen atoms in total. The van der Waals surface area contributed by atoms with E-state index in [1.54, 1.807) is 50.4 Å². The van der Waals surface area contributed by atoms with E-state index >= 15 is 0 Å². The highest BCUT2D eigenvalue weighted by molar-refractivity contribution is 7.92. The van der Waals surface area contributed by atoms with Crippen LogP contribution < -0.4 is 14.4 Å². The molecule has 220 valence electrons. The number of benzene rings is 3. The van der Waals surface area contributed by atoms with Crippen molar-refractivity contribution in [1.82, 2.24) is 10.2 Å². The first kappa shape index (κ1) is 31.7. The predicted molar refractivity (Wildman–Crippen MR) is 163 cm³/mol. The van der Waals surface area contributed by atoms with Crippen LogP contribution in [0.5, 0.6) is 5.75 Å². The molecule has 1 N–H and O–H groups in total. The van der Waals surface area contributed by atoms with Crippen molar-refractivity contribution in [2.45, 2.75) is 71.5 Å². The zero-order chi connectivity index (χ0) is 30.5. The van der Waals surface area contributed by atoms with Gasteiger partial charge in [-0.15, -0.1) is 0 Å². The third kappa shape index (κ3) is 8.10. The number of hydrogen-bond donors (Lipinski definition) is 1. The van der Waals surface area contributed by atoms with Gasteiger partial charge in [0.05, 0.1) is 17.7 Å². The molecule has 1 atom stereocenters. The minimum atomic E-state index is -4.12. The number of nitrogens with one attached hydrogen (secondary N) is 1. The van der Waals surface area contributed by atoms with E-state index in [0.717, 1.165) is 26.6 Å². The Kier molecular flexibility index (Phi) is 9.86. The summed E-state index contributed by atoms with van der Waals surface area (Å²) in [6.45, 7) is 12.6. The molecule has 3 aromatic rings. The van der Waals surface area contributed by atoms with Gasteiger partial charge >= 0.3 is 0 Å². The van der Waals surface area contributed by atoms with Crippen LogP contribution in [0.4, 0.5) is 5.69 Å². The molecule has 3 aromatic carbocycles. The van der Waals surface area contributed by atoms with Crippen molar-refractivity contribution in [3.8, 4) is 5.75 Å². The number of nitrogens with zero attached hydrogens (tertiary/aromatic N) is 2. The van der Waals surface area contributed by atoms with E-state index in [1.165, 1.54) is 17.0 Å². The number of sulfonamides is 1. The highest BCUT2D eigenvalue weighted by Gasteiger charge is 2.33. The standard InChI is InChI=1S/C32H41N3O5S/c1-22-9-17-29(18-10-22)41(38,39)35(27-14-11-23(2)24(3)19-27)21-30(36)34(25(4)31(37)33-32(5,6)7)20-26-12-15-28(40-8)16-13-26/h9-19,25H,20-21H2,1-8H3,(H,33,37)/t25-/m0/s1. The number of ether oxygens (including phenoxy) is 1. The van der Waals surface area contributed by atoms with Crippen LogP contribution in [0.3, 0.4) is 0 Å². The van der Waals surface area contributed by atoms with E-state index in [9.17, 15) is 18.0 Å². The summed E-state index contributed by atoms with van der Waals surface area (Å²) in [5.41, 5.74) is 3.45. The number of amides is 2. The molecule has 41 heavy (non-hydrogen) atoms. The average Bonchev–Trinajstić information content (AvgIpc) is 2.91. The first-order valence-electron chi connectivity index (χ1n) is 13.5. The van der Waals surface area contributed by atoms with Gasteiger partial charge in [0.25, 0.3) is 10.0 Å². The Hall–Kier alpha value is -3.85. The second-order valence-corrected chi connectivity index (χ2v) is 13.2. The second-order valence-electron chi connectivity index (χ2n) is 11.4. The van der Waals surface area contributed by atoms with Gasteiger partial charge in [0.1, 0.15) is 18.3 Å². The minimum Gasteiger partial charge on any atom is -0.497 e. The normalized spacial score (nSPS) is 12.4. The van der Waals surface area contributed by atoms with Gasteiger partial charge in [0.15, 0.2) is 0 Å². The molecule has 0 saturated carbocycles. The number of aryl methyl sites for hydroxylation is 3. The molecule has 0 bridgehead atoms. The molecule has 0 aliphatic heterocycles. The van der Waals surface area contributed by atoms with Crippen molar-refractivity contribution in [2.24, 2.45) is 0 Å². The SMILES string of the molecule is COc1ccc(CN(C(=O)CN(c2ccc(C)c(C)c2)S(=O)(=O)c2ccc(C)cc2)[C@@H](C)C(=O)NC(C)(C)C)cc1. The van der Waals surface area contributed by atoms with Gasteiger partial charge in [-0.05, 0) is 102 Å². The van der Waals surface area contributed by atoms with Crippen LogP contribution >= 0.6 is 0 Å². The Morgan fingerprint density at radius 2 is 1.51 bits per heavy atom. The van der Waals surface area contributed by atoms with Crippen molar-refractivity contribution in [3.05, 3.63) is 89.0 Å². The number of hydrogen-bond acceptors (Lipinski definition) is 5. The number of carbonyl (C=O) groups excluding carboxylic acids is 2. The monoisotopic (exact) mass is 579 g/mol. The number of methoxy groups -OCH3 is 1. The summed E-state index contributed by atoms with van der Waals surface area (Å²) in [5, 5.41) is 2.93. The van der Waals surface area contributed by atoms with Crippen LogP contribution in [-0.2, 0) is 26.2 Å². The molecular formula is C32H41N3O5S. The third-order valence-electron chi connectivity index (χ3n) is 6.84. The quantitative estimate of drug-likeness (QED) is 0.359. The lowest BCUT2D eigenvalue weighted by Crippen LogP contribution is -2.54. The van der Waals surface area contributed by atoms with Crippen molar-refractivity contribution >= 4 is 27.5 Å². The molecule has 0 fully saturated rings. The molecule has 0 aliphatic rings. The van der Waals surface area contributed by atoms with E-state index in [-0.39, 0.29) is 17.3 Å². The number of anilines is 1. The minimum absolute atomic E-state index is 0.0781. The van der Waals surface area contributed by atoms with E-state index in [0.29, 0.717) is 11.4 Å². The Labute approximate surface area is 244 Å². The van der Waals surface area contributed by atoms with E-state index in [2.05, 4.69) is 5.32 Å². The zero-order valence-electron chi connectivity index (χ0n) is 25.2. The molecular weight excluding hydrogens is 538 g/mol. The summed E-state index contributed by atoms with van der Waals surface area (Å²) in [6.07, 6.45) is 0. The fourth-order valence-corrected chi connectivity index (χ4v) is 5.64. The highest BCUT2D eigenvalue weighted by atomic mass is 32.2. The summed E-state index contributed by atoms with van der Waals surface area (Å²) in [4.78, 5) is 28.8. The molecule has 0 unspecified atom stereocenters. The maximum Gasteiger partial charge on any atom is 0.264 e. The van der Waals surface area contributed by atoms with E-state index < -0.39 is 34.1 Å². The van der Waals surface area contributed by atoms with Crippen molar-refractivity contribution in [2.75, 3.05) is 18.0 Å². The van der Waals surface area contributed by atoms with Gasteiger partial charge in [-0.3, -0.25) is 13.9 Å². The first-order valence-corrected chi connectivity index (χ1v) is 15.0. The Morgan fingerprint density at radius 3 is 2.05 bits per heavy atom. The molecule has 0 spiro atoms. The van der Waals surface area contributed by atoms with Crippen LogP contribution in [-0.4, -0.2) is 50.4 Å². The van der Waals surface area contributed by atoms with Gasteiger partial charge < -0.3 is 15.0 Å². The molecule has 0 aliphatic carbocycles. The highest BCUT2D eigenvalue weighted by Crippen LogP contribution is 2.27. The van der Waals surface area contributed by atoms with Gasteiger partial charge in [0.2, 0.25) is 11.8 Å². The zero-order valence-corrected chi connectivity index (χ0v) is 26.0. The van der Waals surface area contributed by atoms with Gasteiger partial charge in [-0.1, -0.05) is 35.9 Å². The fourth-order valence-electron chi connectivity index (χ4n) is 4.23. The lowest BCUT2D eigenvalue weighted by molar-refractivity contribution is -0.140.